The van der Waals surface area contributed by atoms with Crippen molar-refractivity contribution in [1.82, 2.24) is 4.98 Å². The van der Waals surface area contributed by atoms with Gasteiger partial charge in [0.25, 0.3) is 0 Å². The lowest BCUT2D eigenvalue weighted by molar-refractivity contribution is 0.460. The van der Waals surface area contributed by atoms with Crippen molar-refractivity contribution in [1.29, 1.82) is 0 Å². The maximum atomic E-state index is 6.14. The van der Waals surface area contributed by atoms with Crippen molar-refractivity contribution in [3.05, 3.63) is 52.7 Å². The molecule has 2 N–H and O–H groups in total. The van der Waals surface area contributed by atoms with Gasteiger partial charge in [0.15, 0.2) is 0 Å². The van der Waals surface area contributed by atoms with Crippen molar-refractivity contribution in [2.45, 2.75) is 39.2 Å². The molecule has 1 heterocycles. The Morgan fingerprint density at radius 1 is 1.24 bits per heavy atom. The molecule has 0 aliphatic rings. The van der Waals surface area contributed by atoms with E-state index in [1.807, 2.05) is 12.1 Å². The normalized spacial score (nSPS) is 11.5. The van der Waals surface area contributed by atoms with Crippen molar-refractivity contribution < 1.29 is 4.74 Å². The van der Waals surface area contributed by atoms with Gasteiger partial charge in [-0.1, -0.05) is 44.5 Å². The summed E-state index contributed by atoms with van der Waals surface area (Å²) >= 11 is 6.14. The van der Waals surface area contributed by atoms with E-state index in [1.54, 1.807) is 12.3 Å². The van der Waals surface area contributed by atoms with Crippen molar-refractivity contribution in [3.63, 3.8) is 0 Å². The molecule has 2 rings (SSSR count). The summed E-state index contributed by atoms with van der Waals surface area (Å²) in [6.07, 6.45) is 2.76. The monoisotopic (exact) mass is 304 g/mol. The van der Waals surface area contributed by atoms with Gasteiger partial charge in [-0.3, -0.25) is 0 Å². The Hall–Kier alpha value is -1.58. The maximum Gasteiger partial charge on any atom is 0.238 e. The van der Waals surface area contributed by atoms with Crippen molar-refractivity contribution >= 4 is 11.6 Å². The third-order valence-corrected chi connectivity index (χ3v) is 4.10. The predicted molar refractivity (Wildman–Crippen MR) is 87.0 cm³/mol. The molecule has 2 aromatic rings. The average molecular weight is 305 g/mol. The number of pyridine rings is 1. The summed E-state index contributed by atoms with van der Waals surface area (Å²) in [4.78, 5) is 4.20. The van der Waals surface area contributed by atoms with Crippen molar-refractivity contribution in [3.8, 4) is 11.6 Å². The van der Waals surface area contributed by atoms with E-state index < -0.39 is 0 Å². The second kappa shape index (κ2) is 6.46. The van der Waals surface area contributed by atoms with Crippen molar-refractivity contribution in [2.75, 3.05) is 0 Å². The van der Waals surface area contributed by atoms with E-state index in [-0.39, 0.29) is 5.41 Å². The van der Waals surface area contributed by atoms with Crippen LogP contribution in [0.1, 0.15) is 38.3 Å². The minimum Gasteiger partial charge on any atom is -0.438 e. The van der Waals surface area contributed by atoms with Crippen molar-refractivity contribution in [2.24, 2.45) is 5.73 Å². The lowest BCUT2D eigenvalue weighted by Gasteiger charge is -2.23. The number of ether oxygens (including phenoxy) is 1. The summed E-state index contributed by atoms with van der Waals surface area (Å²) in [5, 5.41) is 0.468. The molecule has 0 aliphatic heterocycles. The lowest BCUT2D eigenvalue weighted by Crippen LogP contribution is -2.14. The van der Waals surface area contributed by atoms with E-state index in [1.165, 1.54) is 5.56 Å². The molecule has 0 spiro atoms. The molecule has 21 heavy (non-hydrogen) atoms. The van der Waals surface area contributed by atoms with Gasteiger partial charge < -0.3 is 10.5 Å². The molecule has 3 nitrogen and oxygen atoms in total. The quantitative estimate of drug-likeness (QED) is 0.873. The van der Waals surface area contributed by atoms with Gasteiger partial charge in [-0.15, -0.1) is 0 Å². The Kier molecular flexibility index (Phi) is 4.86. The number of nitrogens with two attached hydrogens (primary N) is 1. The highest BCUT2D eigenvalue weighted by Gasteiger charge is 2.17. The highest BCUT2D eigenvalue weighted by Crippen LogP contribution is 2.31. The van der Waals surface area contributed by atoms with E-state index in [4.69, 9.17) is 22.1 Å². The Labute approximate surface area is 131 Å². The molecule has 0 amide bonds. The van der Waals surface area contributed by atoms with E-state index in [9.17, 15) is 0 Å². The van der Waals surface area contributed by atoms with Crippen LogP contribution in [-0.4, -0.2) is 4.98 Å². The third-order valence-electron chi connectivity index (χ3n) is 3.83. The summed E-state index contributed by atoms with van der Waals surface area (Å²) in [5.74, 6) is 1.12. The van der Waals surface area contributed by atoms with E-state index in [0.717, 1.165) is 17.7 Å². The summed E-state index contributed by atoms with van der Waals surface area (Å²) < 4.78 is 5.73. The largest absolute Gasteiger partial charge is 0.438 e. The highest BCUT2D eigenvalue weighted by molar-refractivity contribution is 6.31. The molecule has 0 saturated heterocycles. The van der Waals surface area contributed by atoms with Gasteiger partial charge in [-0.2, -0.15) is 0 Å². The zero-order valence-electron chi connectivity index (χ0n) is 12.7. The van der Waals surface area contributed by atoms with Crippen LogP contribution in [0.15, 0.2) is 36.5 Å². The lowest BCUT2D eigenvalue weighted by atomic mass is 9.82. The van der Waals surface area contributed by atoms with Gasteiger partial charge in [0.05, 0.1) is 0 Å². The molecule has 0 fully saturated rings. The first-order chi connectivity index (χ1) is 9.96. The van der Waals surface area contributed by atoms with E-state index in [0.29, 0.717) is 17.4 Å². The zero-order chi connectivity index (χ0) is 15.5. The molecule has 1 aromatic heterocycles. The van der Waals surface area contributed by atoms with Crippen LogP contribution in [0.3, 0.4) is 0 Å². The highest BCUT2D eigenvalue weighted by atomic mass is 35.5. The number of nitrogens with zero attached hydrogens (tertiary/aromatic N) is 1. The standard InChI is InChI=1S/C17H21ClN2O/c1-4-17(2,3)13-5-7-14(8-6-13)21-16-15(18)9-12(10-19)11-20-16/h5-9,11H,4,10,19H2,1-3H3. The first-order valence-electron chi connectivity index (χ1n) is 7.09. The maximum absolute atomic E-state index is 6.14. The number of benzene rings is 1. The second-order valence-electron chi connectivity index (χ2n) is 5.70. The second-order valence-corrected chi connectivity index (χ2v) is 6.11. The topological polar surface area (TPSA) is 48.1 Å². The molecule has 0 unspecified atom stereocenters. The first-order valence-corrected chi connectivity index (χ1v) is 7.47. The molecular formula is C17H21ClN2O. The van der Waals surface area contributed by atoms with E-state index >= 15 is 0 Å². The molecule has 0 bridgehead atoms. The predicted octanol–water partition coefficient (Wildman–Crippen LogP) is 4.67. The Balaban J connectivity index is 2.17. The molecule has 0 aliphatic carbocycles. The van der Waals surface area contributed by atoms with Gasteiger partial charge >= 0.3 is 0 Å². The van der Waals surface area contributed by atoms with Crippen LogP contribution < -0.4 is 10.5 Å². The number of halogens is 1. The smallest absolute Gasteiger partial charge is 0.238 e. The molecule has 4 heteroatoms. The van der Waals surface area contributed by atoms with Gasteiger partial charge in [-0.25, -0.2) is 4.98 Å². The molecule has 0 atom stereocenters. The number of aromatic nitrogens is 1. The van der Waals surface area contributed by atoms with Crippen LogP contribution >= 0.6 is 11.6 Å². The fourth-order valence-corrected chi connectivity index (χ4v) is 2.17. The van der Waals surface area contributed by atoms with Gasteiger partial charge in [0.2, 0.25) is 5.88 Å². The first kappa shape index (κ1) is 15.8. The molecule has 1 aromatic carbocycles. The van der Waals surface area contributed by atoms with E-state index in [2.05, 4.69) is 37.9 Å². The Bertz CT molecular complexity index is 609. The summed E-state index contributed by atoms with van der Waals surface area (Å²) in [6, 6.07) is 9.84. The molecule has 112 valence electrons. The van der Waals surface area contributed by atoms with Crippen LogP contribution in [0.2, 0.25) is 5.02 Å². The number of rotatable bonds is 5. The van der Waals surface area contributed by atoms with Crippen LogP contribution in [0.4, 0.5) is 0 Å². The minimum atomic E-state index is 0.164. The van der Waals surface area contributed by atoms with Gasteiger partial charge in [0, 0.05) is 12.7 Å². The van der Waals surface area contributed by atoms with Crippen LogP contribution in [-0.2, 0) is 12.0 Å². The summed E-state index contributed by atoms with van der Waals surface area (Å²) in [5.41, 5.74) is 7.89. The Morgan fingerprint density at radius 3 is 2.43 bits per heavy atom. The number of hydrogen-bond donors (Lipinski definition) is 1. The summed E-state index contributed by atoms with van der Waals surface area (Å²) in [6.45, 7) is 7.06. The SMILES string of the molecule is CCC(C)(C)c1ccc(Oc2ncc(CN)cc2Cl)cc1. The van der Waals surface area contributed by atoms with Gasteiger partial charge in [-0.05, 0) is 41.2 Å². The van der Waals surface area contributed by atoms with Crippen LogP contribution in [0.25, 0.3) is 0 Å². The fraction of sp³-hybridized carbons (Fsp3) is 0.353. The minimum absolute atomic E-state index is 0.164. The van der Waals surface area contributed by atoms with Crippen LogP contribution in [0.5, 0.6) is 11.6 Å². The Morgan fingerprint density at radius 2 is 1.90 bits per heavy atom. The number of hydrogen-bond acceptors (Lipinski definition) is 3. The van der Waals surface area contributed by atoms with Gasteiger partial charge in [0.1, 0.15) is 10.8 Å². The molecule has 0 radical (unpaired) electrons. The molecular weight excluding hydrogens is 284 g/mol. The van der Waals surface area contributed by atoms with Crippen LogP contribution in [0, 0.1) is 0 Å². The average Bonchev–Trinajstić information content (AvgIpc) is 2.50. The zero-order valence-corrected chi connectivity index (χ0v) is 13.4. The third kappa shape index (κ3) is 3.74. The summed E-state index contributed by atoms with van der Waals surface area (Å²) in [7, 11) is 0. The fourth-order valence-electron chi connectivity index (χ4n) is 1.94. The molecule has 0 saturated carbocycles.